The number of rotatable bonds is 7. The van der Waals surface area contributed by atoms with Crippen molar-refractivity contribution < 1.29 is 28.6 Å². The molecular formula is C26H27NO6. The molecule has 2 aliphatic carbocycles. The Kier molecular flexibility index (Phi) is 5.56. The number of aryl methyl sites for hydroxylation is 1. The van der Waals surface area contributed by atoms with Crippen LogP contribution in [0.5, 0.6) is 11.5 Å². The molecule has 1 heterocycles. The highest BCUT2D eigenvalue weighted by Crippen LogP contribution is 2.50. The maximum Gasteiger partial charge on any atom is 0.305 e. The predicted octanol–water partition coefficient (Wildman–Crippen LogP) is 4.17. The summed E-state index contributed by atoms with van der Waals surface area (Å²) in [5, 5.41) is 0. The Morgan fingerprint density at radius 2 is 1.73 bits per heavy atom. The predicted molar refractivity (Wildman–Crippen MR) is 121 cm³/mol. The van der Waals surface area contributed by atoms with E-state index in [2.05, 4.69) is 0 Å². The minimum atomic E-state index is -0.402. The maximum absolute atomic E-state index is 13.4. The first kappa shape index (κ1) is 21.5. The first-order chi connectivity index (χ1) is 16.0. The molecule has 3 atom stereocenters. The molecular weight excluding hydrogens is 422 g/mol. The number of carbonyl (C=O) groups is 3. The van der Waals surface area contributed by atoms with Gasteiger partial charge in [0.15, 0.2) is 11.5 Å². The number of methoxy groups -OCH3 is 2. The van der Waals surface area contributed by atoms with Crippen LogP contribution in [0.15, 0.2) is 36.4 Å². The van der Waals surface area contributed by atoms with Crippen molar-refractivity contribution in [2.75, 3.05) is 19.1 Å². The molecule has 1 aliphatic heterocycles. The monoisotopic (exact) mass is 449 g/mol. The summed E-state index contributed by atoms with van der Waals surface area (Å²) >= 11 is 0. The van der Waals surface area contributed by atoms with Gasteiger partial charge in [-0.3, -0.25) is 14.4 Å². The lowest BCUT2D eigenvalue weighted by atomic mass is 9.97. The number of hydrogen-bond acceptors (Lipinski definition) is 6. The van der Waals surface area contributed by atoms with Gasteiger partial charge in [0.25, 0.3) is 11.8 Å². The minimum Gasteiger partial charge on any atom is -0.493 e. The van der Waals surface area contributed by atoms with Crippen LogP contribution in [0.4, 0.5) is 5.69 Å². The number of hydrogen-bond donors (Lipinski definition) is 0. The number of esters is 1. The van der Waals surface area contributed by atoms with Gasteiger partial charge in [0, 0.05) is 6.42 Å². The third-order valence-corrected chi connectivity index (χ3v) is 7.19. The first-order valence-electron chi connectivity index (χ1n) is 11.4. The van der Waals surface area contributed by atoms with Crippen LogP contribution in [0.3, 0.4) is 0 Å². The number of imide groups is 1. The molecule has 2 saturated carbocycles. The molecule has 0 radical (unpaired) electrons. The van der Waals surface area contributed by atoms with Crippen molar-refractivity contribution in [3.8, 4) is 11.5 Å². The van der Waals surface area contributed by atoms with Crippen molar-refractivity contribution in [3.05, 3.63) is 53.1 Å². The lowest BCUT2D eigenvalue weighted by Crippen LogP contribution is -2.32. The molecule has 2 bridgehead atoms. The first-order valence-corrected chi connectivity index (χ1v) is 11.4. The van der Waals surface area contributed by atoms with Gasteiger partial charge < -0.3 is 14.2 Å². The number of anilines is 1. The Bertz CT molecular complexity index is 1090. The molecule has 172 valence electrons. The van der Waals surface area contributed by atoms with Crippen molar-refractivity contribution in [2.45, 2.75) is 44.6 Å². The molecule has 5 rings (SSSR count). The molecule has 0 saturated heterocycles. The van der Waals surface area contributed by atoms with E-state index >= 15 is 0 Å². The van der Waals surface area contributed by atoms with E-state index in [0.29, 0.717) is 52.1 Å². The van der Waals surface area contributed by atoms with Crippen LogP contribution < -0.4 is 14.4 Å². The smallest absolute Gasteiger partial charge is 0.305 e. The molecule has 2 aromatic carbocycles. The fourth-order valence-electron chi connectivity index (χ4n) is 5.53. The highest BCUT2D eigenvalue weighted by molar-refractivity contribution is 6.35. The van der Waals surface area contributed by atoms with Crippen molar-refractivity contribution in [2.24, 2.45) is 11.8 Å². The van der Waals surface area contributed by atoms with E-state index in [1.807, 2.05) is 0 Å². The number of ether oxygens (including phenoxy) is 3. The Balaban J connectivity index is 1.60. The van der Waals surface area contributed by atoms with Crippen molar-refractivity contribution in [1.82, 2.24) is 0 Å². The zero-order valence-corrected chi connectivity index (χ0v) is 18.8. The number of fused-ring (bicyclic) bond motifs is 3. The summed E-state index contributed by atoms with van der Waals surface area (Å²) < 4.78 is 17.0. The van der Waals surface area contributed by atoms with Gasteiger partial charge in [-0.25, -0.2) is 4.90 Å². The summed E-state index contributed by atoms with van der Waals surface area (Å²) in [5.41, 5.74) is 1.74. The molecule has 3 aliphatic rings. The zero-order valence-electron chi connectivity index (χ0n) is 18.8. The number of amides is 2. The van der Waals surface area contributed by atoms with Gasteiger partial charge in [-0.05, 0) is 67.7 Å². The Hall–Kier alpha value is -3.35. The topological polar surface area (TPSA) is 82.1 Å². The second kappa shape index (κ2) is 8.54. The second-order valence-electron chi connectivity index (χ2n) is 9.00. The van der Waals surface area contributed by atoms with Gasteiger partial charge in [-0.15, -0.1) is 0 Å². The van der Waals surface area contributed by atoms with E-state index in [0.717, 1.165) is 19.3 Å². The van der Waals surface area contributed by atoms with Crippen LogP contribution in [-0.4, -0.2) is 38.1 Å². The van der Waals surface area contributed by atoms with E-state index in [9.17, 15) is 14.4 Å². The van der Waals surface area contributed by atoms with Crippen LogP contribution in [0, 0.1) is 11.8 Å². The Morgan fingerprint density at radius 3 is 2.30 bits per heavy atom. The third-order valence-electron chi connectivity index (χ3n) is 7.19. The van der Waals surface area contributed by atoms with Crippen molar-refractivity contribution >= 4 is 23.5 Å². The van der Waals surface area contributed by atoms with Crippen LogP contribution in [-0.2, 0) is 16.0 Å². The summed E-state index contributed by atoms with van der Waals surface area (Å²) in [7, 11) is 2.88. The average Bonchev–Trinajstić information content (AvgIpc) is 3.52. The second-order valence-corrected chi connectivity index (χ2v) is 9.00. The van der Waals surface area contributed by atoms with Crippen LogP contribution in [0.1, 0.15) is 58.4 Å². The van der Waals surface area contributed by atoms with E-state index in [1.165, 1.54) is 18.4 Å². The third kappa shape index (κ3) is 3.65. The molecule has 2 amide bonds. The Labute approximate surface area is 192 Å². The van der Waals surface area contributed by atoms with Gasteiger partial charge in [0.1, 0.15) is 11.8 Å². The molecule has 7 heteroatoms. The number of carbonyl (C=O) groups excluding carboxylic acids is 3. The lowest BCUT2D eigenvalue weighted by Gasteiger charge is -2.28. The summed E-state index contributed by atoms with van der Waals surface area (Å²) in [6, 6.07) is 10.3. The molecule has 2 fully saturated rings. The summed E-state index contributed by atoms with van der Waals surface area (Å²) in [5.74, 6) is 0.819. The molecule has 7 nitrogen and oxygen atoms in total. The van der Waals surface area contributed by atoms with Gasteiger partial charge in [-0.2, -0.15) is 0 Å². The Morgan fingerprint density at radius 1 is 1.00 bits per heavy atom. The molecule has 33 heavy (non-hydrogen) atoms. The van der Waals surface area contributed by atoms with Gasteiger partial charge in [-0.1, -0.05) is 18.2 Å². The summed E-state index contributed by atoms with van der Waals surface area (Å²) in [6.45, 7) is 0. The summed E-state index contributed by atoms with van der Waals surface area (Å²) in [6.07, 6.45) is 4.90. The zero-order chi connectivity index (χ0) is 23.1. The fraction of sp³-hybridized carbons (Fsp3) is 0.423. The van der Waals surface area contributed by atoms with Crippen LogP contribution >= 0.6 is 0 Å². The minimum absolute atomic E-state index is 0.0161. The standard InChI is InChI=1S/C26H27NO6/c1-31-20-11-9-16(10-12-22(28)32-2)23(24(20)33-21-14-15-7-8-17(21)13-15)27-25(29)18-5-3-4-6-19(18)26(27)30/h3-6,9,11,15,17,21H,7-8,10,12-14H2,1-2H3. The van der Waals surface area contributed by atoms with E-state index < -0.39 is 11.8 Å². The van der Waals surface area contributed by atoms with E-state index in [1.54, 1.807) is 43.5 Å². The molecule has 2 aromatic rings. The largest absolute Gasteiger partial charge is 0.493 e. The highest BCUT2D eigenvalue weighted by atomic mass is 16.5. The quantitative estimate of drug-likeness (QED) is 0.466. The van der Waals surface area contributed by atoms with E-state index in [4.69, 9.17) is 14.2 Å². The van der Waals surface area contributed by atoms with Crippen LogP contribution in [0.25, 0.3) is 0 Å². The van der Waals surface area contributed by atoms with Crippen molar-refractivity contribution in [3.63, 3.8) is 0 Å². The molecule has 0 spiro atoms. The van der Waals surface area contributed by atoms with Crippen LogP contribution in [0.2, 0.25) is 0 Å². The number of nitrogens with zero attached hydrogens (tertiary/aromatic N) is 1. The van der Waals surface area contributed by atoms with E-state index in [-0.39, 0.29) is 18.5 Å². The highest BCUT2D eigenvalue weighted by Gasteiger charge is 2.44. The fourth-order valence-corrected chi connectivity index (χ4v) is 5.53. The summed E-state index contributed by atoms with van der Waals surface area (Å²) in [4.78, 5) is 39.8. The molecule has 0 N–H and O–H groups in total. The maximum atomic E-state index is 13.4. The molecule has 3 unspecified atom stereocenters. The van der Waals surface area contributed by atoms with Crippen molar-refractivity contribution in [1.29, 1.82) is 0 Å². The van der Waals surface area contributed by atoms with Gasteiger partial charge >= 0.3 is 5.97 Å². The number of benzene rings is 2. The van der Waals surface area contributed by atoms with Gasteiger partial charge in [0.05, 0.1) is 25.3 Å². The SMILES string of the molecule is COC(=O)CCc1ccc(OC)c(OC2CC3CCC2C3)c1N1C(=O)c2ccccc2C1=O. The lowest BCUT2D eigenvalue weighted by molar-refractivity contribution is -0.140. The van der Waals surface area contributed by atoms with Gasteiger partial charge in [0.2, 0.25) is 0 Å². The normalized spacial score (nSPS) is 23.1. The average molecular weight is 450 g/mol. The molecule has 0 aromatic heterocycles.